The Labute approximate surface area is 190 Å². The number of carbonyl (C=O) groups is 3. The molecule has 2 aromatic rings. The second-order valence-corrected chi connectivity index (χ2v) is 8.79. The van der Waals surface area contributed by atoms with Gasteiger partial charge in [-0.15, -0.1) is 11.3 Å². The van der Waals surface area contributed by atoms with Gasteiger partial charge in [0.1, 0.15) is 11.9 Å². The predicted octanol–water partition coefficient (Wildman–Crippen LogP) is 3.29. The number of benzene rings is 1. The topological polar surface area (TPSA) is 116 Å². The van der Waals surface area contributed by atoms with Crippen molar-refractivity contribution in [2.45, 2.75) is 53.3 Å². The molecule has 0 bridgehead atoms. The number of nitrogens with zero attached hydrogens (tertiary/aromatic N) is 2. The van der Waals surface area contributed by atoms with Crippen molar-refractivity contribution in [1.82, 2.24) is 4.57 Å². The first-order chi connectivity index (χ1) is 15.1. The van der Waals surface area contributed by atoms with Crippen LogP contribution in [0.15, 0.2) is 34.8 Å². The number of hydrogen-bond acceptors (Lipinski definition) is 6. The summed E-state index contributed by atoms with van der Waals surface area (Å²) in [4.78, 5) is 40.7. The molecule has 1 heterocycles. The molecular weight excluding hydrogens is 435 g/mol. The Balaban J connectivity index is 2.10. The van der Waals surface area contributed by atoms with Crippen molar-refractivity contribution in [2.75, 3.05) is 5.32 Å². The van der Waals surface area contributed by atoms with Crippen LogP contribution < -0.4 is 15.9 Å². The van der Waals surface area contributed by atoms with Gasteiger partial charge in [-0.1, -0.05) is 34.1 Å². The van der Waals surface area contributed by atoms with Gasteiger partial charge in [0.2, 0.25) is 5.91 Å². The number of carbonyl (C=O) groups excluding carboxylic acids is 3. The largest absolute Gasteiger partial charge is 0.443 e. The molecule has 0 saturated heterocycles. The van der Waals surface area contributed by atoms with Gasteiger partial charge in [-0.05, 0) is 30.0 Å². The molecule has 32 heavy (non-hydrogen) atoms. The quantitative estimate of drug-likeness (QED) is 0.553. The number of aromatic nitrogens is 1. The Morgan fingerprint density at radius 2 is 2.00 bits per heavy atom. The normalized spacial score (nSPS) is 13.7. The number of thiazole rings is 1. The molecule has 10 heteroatoms. The first-order valence-electron chi connectivity index (χ1n) is 10.4. The highest BCUT2D eigenvalue weighted by Gasteiger charge is 2.21. The lowest BCUT2D eigenvalue weighted by Crippen LogP contribution is -2.38. The molecule has 8 nitrogen and oxygen atoms in total. The van der Waals surface area contributed by atoms with Gasteiger partial charge in [-0.2, -0.15) is 4.99 Å². The summed E-state index contributed by atoms with van der Waals surface area (Å²) in [7, 11) is 0. The fourth-order valence-electron chi connectivity index (χ4n) is 2.67. The summed E-state index contributed by atoms with van der Waals surface area (Å²) in [5.41, 5.74) is 5.90. The summed E-state index contributed by atoms with van der Waals surface area (Å²) in [6.07, 6.45) is 2.63. The average molecular weight is 465 g/mol. The molecule has 2 unspecified atom stereocenters. The van der Waals surface area contributed by atoms with Crippen molar-refractivity contribution in [3.05, 3.63) is 46.0 Å². The minimum Gasteiger partial charge on any atom is -0.443 e. The Morgan fingerprint density at radius 3 is 2.62 bits per heavy atom. The summed E-state index contributed by atoms with van der Waals surface area (Å²) in [6.45, 7) is 7.42. The standard InChI is InChI=1S/C22H29FN4O4S/c1-5-14(4)19(24)21(30)31-12-27-8-9-32-22(27)26-20(29)15-6-7-17(16(23)11-15)25-18(28)10-13(2)3/h6-9,11,13-14,19H,5,10,12,24H2,1-4H3,(H,25,28)/b26-22-. The van der Waals surface area contributed by atoms with Crippen LogP contribution in [0.25, 0.3) is 0 Å². The maximum absolute atomic E-state index is 14.4. The zero-order valence-corrected chi connectivity index (χ0v) is 19.4. The number of nitrogens with one attached hydrogen (secondary N) is 1. The molecular formula is C22H29FN4O4S. The van der Waals surface area contributed by atoms with Crippen LogP contribution in [-0.4, -0.2) is 28.4 Å². The number of anilines is 1. The van der Waals surface area contributed by atoms with Crippen molar-refractivity contribution >= 4 is 34.8 Å². The van der Waals surface area contributed by atoms with E-state index in [1.165, 1.54) is 28.0 Å². The Morgan fingerprint density at radius 1 is 1.28 bits per heavy atom. The molecule has 1 aromatic carbocycles. The molecule has 2 amide bonds. The molecule has 0 aliphatic heterocycles. The fourth-order valence-corrected chi connectivity index (χ4v) is 3.39. The molecule has 0 aliphatic rings. The van der Waals surface area contributed by atoms with Gasteiger partial charge in [0.25, 0.3) is 5.91 Å². The van der Waals surface area contributed by atoms with Crippen LogP contribution in [0, 0.1) is 17.7 Å². The van der Waals surface area contributed by atoms with Crippen LogP contribution in [0.3, 0.4) is 0 Å². The summed E-state index contributed by atoms with van der Waals surface area (Å²) in [6, 6.07) is 3.02. The van der Waals surface area contributed by atoms with E-state index in [1.54, 1.807) is 11.6 Å². The molecule has 3 N–H and O–H groups in total. The van der Waals surface area contributed by atoms with Crippen molar-refractivity contribution in [2.24, 2.45) is 22.6 Å². The van der Waals surface area contributed by atoms with E-state index in [-0.39, 0.29) is 46.9 Å². The fraction of sp³-hybridized carbons (Fsp3) is 0.455. The molecule has 1 aromatic heterocycles. The number of nitrogens with two attached hydrogens (primary N) is 1. The van der Waals surface area contributed by atoms with E-state index in [0.29, 0.717) is 0 Å². The van der Waals surface area contributed by atoms with Crippen LogP contribution in [-0.2, 0) is 21.1 Å². The second kappa shape index (κ2) is 11.7. The highest BCUT2D eigenvalue weighted by atomic mass is 32.1. The van der Waals surface area contributed by atoms with Gasteiger partial charge in [0.15, 0.2) is 11.5 Å². The lowest BCUT2D eigenvalue weighted by atomic mass is 10.0. The summed E-state index contributed by atoms with van der Waals surface area (Å²) in [5, 5.41) is 4.18. The maximum Gasteiger partial charge on any atom is 0.324 e. The Kier molecular flexibility index (Phi) is 9.27. The van der Waals surface area contributed by atoms with Gasteiger partial charge in [0, 0.05) is 23.6 Å². The SMILES string of the molecule is CCC(C)C(N)C(=O)OCn1ccs/c1=N\C(=O)c1ccc(NC(=O)CC(C)C)c(F)c1. The highest BCUT2D eigenvalue weighted by molar-refractivity contribution is 7.07. The smallest absolute Gasteiger partial charge is 0.324 e. The van der Waals surface area contributed by atoms with E-state index in [4.69, 9.17) is 10.5 Å². The summed E-state index contributed by atoms with van der Waals surface area (Å²) >= 11 is 1.17. The van der Waals surface area contributed by atoms with Gasteiger partial charge in [0.05, 0.1) is 5.69 Å². The number of ether oxygens (including phenoxy) is 1. The molecule has 0 radical (unpaired) electrons. The average Bonchev–Trinajstić information content (AvgIpc) is 3.18. The number of rotatable bonds is 9. The minimum atomic E-state index is -0.733. The zero-order chi connectivity index (χ0) is 23.8. The third kappa shape index (κ3) is 7.10. The number of hydrogen-bond donors (Lipinski definition) is 2. The van der Waals surface area contributed by atoms with Crippen LogP contribution in [0.1, 0.15) is 50.9 Å². The molecule has 0 aliphatic carbocycles. The van der Waals surface area contributed by atoms with E-state index in [9.17, 15) is 18.8 Å². The van der Waals surface area contributed by atoms with E-state index in [2.05, 4.69) is 10.3 Å². The third-order valence-electron chi connectivity index (χ3n) is 4.82. The van der Waals surface area contributed by atoms with Crippen LogP contribution in [0.4, 0.5) is 10.1 Å². The lowest BCUT2D eigenvalue weighted by Gasteiger charge is -2.16. The molecule has 0 saturated carbocycles. The van der Waals surface area contributed by atoms with Crippen LogP contribution in [0.5, 0.6) is 0 Å². The van der Waals surface area contributed by atoms with E-state index < -0.39 is 23.7 Å². The lowest BCUT2D eigenvalue weighted by molar-refractivity contribution is -0.150. The first-order valence-corrected chi connectivity index (χ1v) is 11.2. The van der Waals surface area contributed by atoms with Crippen molar-refractivity contribution < 1.29 is 23.5 Å². The van der Waals surface area contributed by atoms with E-state index in [0.717, 1.165) is 12.5 Å². The minimum absolute atomic E-state index is 0.00273. The van der Waals surface area contributed by atoms with Gasteiger partial charge in [-0.3, -0.25) is 19.0 Å². The molecule has 2 rings (SSSR count). The van der Waals surface area contributed by atoms with Crippen molar-refractivity contribution in [3.63, 3.8) is 0 Å². The van der Waals surface area contributed by atoms with Crippen molar-refractivity contribution in [1.29, 1.82) is 0 Å². The summed E-state index contributed by atoms with van der Waals surface area (Å²) in [5.74, 6) is -2.11. The number of halogens is 1. The number of esters is 1. The van der Waals surface area contributed by atoms with Crippen molar-refractivity contribution in [3.8, 4) is 0 Å². The monoisotopic (exact) mass is 464 g/mol. The maximum atomic E-state index is 14.4. The Bertz CT molecular complexity index is 1030. The predicted molar refractivity (Wildman–Crippen MR) is 120 cm³/mol. The zero-order valence-electron chi connectivity index (χ0n) is 18.6. The van der Waals surface area contributed by atoms with E-state index >= 15 is 0 Å². The highest BCUT2D eigenvalue weighted by Crippen LogP contribution is 2.17. The Hall–Kier alpha value is -2.85. The van der Waals surface area contributed by atoms with Gasteiger partial charge < -0.3 is 15.8 Å². The summed E-state index contributed by atoms with van der Waals surface area (Å²) < 4.78 is 21.1. The van der Waals surface area contributed by atoms with Crippen LogP contribution in [0.2, 0.25) is 0 Å². The van der Waals surface area contributed by atoms with Crippen LogP contribution >= 0.6 is 11.3 Å². The molecule has 0 spiro atoms. The first kappa shape index (κ1) is 25.4. The molecule has 2 atom stereocenters. The number of amides is 2. The third-order valence-corrected chi connectivity index (χ3v) is 5.61. The van der Waals surface area contributed by atoms with Gasteiger partial charge >= 0.3 is 5.97 Å². The van der Waals surface area contributed by atoms with E-state index in [1.807, 2.05) is 27.7 Å². The molecule has 174 valence electrons. The molecule has 0 fully saturated rings. The van der Waals surface area contributed by atoms with Gasteiger partial charge in [-0.25, -0.2) is 4.39 Å². The second-order valence-electron chi connectivity index (χ2n) is 7.92.